The second-order valence-corrected chi connectivity index (χ2v) is 4.77. The molecule has 0 aliphatic carbocycles. The lowest BCUT2D eigenvalue weighted by Crippen LogP contribution is -2.26. The van der Waals surface area contributed by atoms with Crippen LogP contribution in [0.1, 0.15) is 29.1 Å². The Kier molecular flexibility index (Phi) is 3.83. The third-order valence-electron chi connectivity index (χ3n) is 2.44. The quantitative estimate of drug-likeness (QED) is 0.870. The first-order valence-corrected chi connectivity index (χ1v) is 6.36. The molecule has 1 aromatic heterocycles. The fourth-order valence-corrected chi connectivity index (χ4v) is 1.95. The summed E-state index contributed by atoms with van der Waals surface area (Å²) < 4.78 is 5.97. The van der Waals surface area contributed by atoms with Gasteiger partial charge in [-0.3, -0.25) is 4.79 Å². The van der Waals surface area contributed by atoms with Crippen molar-refractivity contribution in [1.29, 1.82) is 0 Å². The summed E-state index contributed by atoms with van der Waals surface area (Å²) in [5.41, 5.74) is 1.07. The smallest absolute Gasteiger partial charge is 0.287 e. The normalized spacial score (nSPS) is 12.1. The molecule has 88 valence electrons. The van der Waals surface area contributed by atoms with Crippen LogP contribution in [0, 0.1) is 3.77 Å². The molecule has 0 saturated heterocycles. The van der Waals surface area contributed by atoms with Gasteiger partial charge >= 0.3 is 0 Å². The highest BCUT2D eigenvalue weighted by atomic mass is 127. The topological polar surface area (TPSA) is 42.2 Å². The fourth-order valence-electron chi connectivity index (χ4n) is 1.53. The molecule has 3 nitrogen and oxygen atoms in total. The molecule has 1 heterocycles. The molecule has 1 N–H and O–H groups in total. The van der Waals surface area contributed by atoms with E-state index in [9.17, 15) is 4.79 Å². The molecule has 2 rings (SSSR count). The summed E-state index contributed by atoms with van der Waals surface area (Å²) in [6.45, 7) is 1.95. The highest BCUT2D eigenvalue weighted by Crippen LogP contribution is 2.14. The molecule has 1 aromatic carbocycles. The Labute approximate surface area is 113 Å². The zero-order valence-corrected chi connectivity index (χ0v) is 11.5. The SMILES string of the molecule is CC(NC(=O)c1ccc(I)o1)c1ccccc1. The van der Waals surface area contributed by atoms with E-state index in [0.29, 0.717) is 9.53 Å². The Morgan fingerprint density at radius 2 is 1.94 bits per heavy atom. The lowest BCUT2D eigenvalue weighted by Gasteiger charge is -2.12. The number of halogens is 1. The van der Waals surface area contributed by atoms with Crippen molar-refractivity contribution in [3.63, 3.8) is 0 Å². The highest BCUT2D eigenvalue weighted by molar-refractivity contribution is 14.1. The molecular weight excluding hydrogens is 329 g/mol. The van der Waals surface area contributed by atoms with Crippen LogP contribution in [-0.2, 0) is 0 Å². The standard InChI is InChI=1S/C13H12INO2/c1-9(10-5-3-2-4-6-10)15-13(16)11-7-8-12(14)17-11/h2-9H,1H3,(H,15,16). The van der Waals surface area contributed by atoms with Gasteiger partial charge in [-0.05, 0) is 47.2 Å². The zero-order chi connectivity index (χ0) is 12.3. The number of rotatable bonds is 3. The molecular formula is C13H12INO2. The molecule has 0 fully saturated rings. The number of benzene rings is 1. The molecule has 1 atom stereocenters. The summed E-state index contributed by atoms with van der Waals surface area (Å²) in [6.07, 6.45) is 0. The summed E-state index contributed by atoms with van der Waals surface area (Å²) in [6, 6.07) is 13.2. The Balaban J connectivity index is 2.04. The van der Waals surface area contributed by atoms with Crippen LogP contribution in [0.25, 0.3) is 0 Å². The van der Waals surface area contributed by atoms with Crippen molar-refractivity contribution >= 4 is 28.5 Å². The van der Waals surface area contributed by atoms with Gasteiger partial charge in [-0.1, -0.05) is 30.3 Å². The van der Waals surface area contributed by atoms with E-state index < -0.39 is 0 Å². The molecule has 1 unspecified atom stereocenters. The largest absolute Gasteiger partial charge is 0.445 e. The van der Waals surface area contributed by atoms with Crippen molar-refractivity contribution in [3.05, 3.63) is 57.6 Å². The van der Waals surface area contributed by atoms with Gasteiger partial charge in [0.15, 0.2) is 9.53 Å². The van der Waals surface area contributed by atoms with E-state index in [1.165, 1.54) is 0 Å². The number of hydrogen-bond acceptors (Lipinski definition) is 2. The Morgan fingerprint density at radius 3 is 2.53 bits per heavy atom. The van der Waals surface area contributed by atoms with E-state index in [1.54, 1.807) is 12.1 Å². The Bertz CT molecular complexity index is 507. The average Bonchev–Trinajstić information content (AvgIpc) is 2.77. The molecule has 0 saturated carbocycles. The fraction of sp³-hybridized carbons (Fsp3) is 0.154. The van der Waals surface area contributed by atoms with Gasteiger partial charge in [0.05, 0.1) is 6.04 Å². The van der Waals surface area contributed by atoms with Crippen molar-refractivity contribution in [2.45, 2.75) is 13.0 Å². The molecule has 1 amide bonds. The van der Waals surface area contributed by atoms with Crippen molar-refractivity contribution in [3.8, 4) is 0 Å². The minimum atomic E-state index is -0.190. The van der Waals surface area contributed by atoms with E-state index in [4.69, 9.17) is 4.42 Å². The number of hydrogen-bond donors (Lipinski definition) is 1. The lowest BCUT2D eigenvalue weighted by molar-refractivity contribution is 0.0910. The number of amides is 1. The van der Waals surface area contributed by atoms with E-state index in [-0.39, 0.29) is 11.9 Å². The summed E-state index contributed by atoms with van der Waals surface area (Å²) in [5.74, 6) is 0.154. The van der Waals surface area contributed by atoms with Crippen LogP contribution in [-0.4, -0.2) is 5.91 Å². The van der Waals surface area contributed by atoms with Crippen LogP contribution in [0.5, 0.6) is 0 Å². The second-order valence-electron chi connectivity index (χ2n) is 3.71. The van der Waals surface area contributed by atoms with Gasteiger partial charge in [0, 0.05) is 0 Å². The van der Waals surface area contributed by atoms with Gasteiger partial charge in [-0.25, -0.2) is 0 Å². The summed E-state index contributed by atoms with van der Waals surface area (Å²) in [7, 11) is 0. The second kappa shape index (κ2) is 5.35. The monoisotopic (exact) mass is 341 g/mol. The predicted molar refractivity (Wildman–Crippen MR) is 73.7 cm³/mol. The highest BCUT2D eigenvalue weighted by Gasteiger charge is 2.13. The van der Waals surface area contributed by atoms with Crippen LogP contribution in [0.2, 0.25) is 0 Å². The van der Waals surface area contributed by atoms with Crippen molar-refractivity contribution < 1.29 is 9.21 Å². The molecule has 0 aliphatic rings. The third kappa shape index (κ3) is 3.09. The minimum Gasteiger partial charge on any atom is -0.445 e. The molecule has 4 heteroatoms. The number of furan rings is 1. The van der Waals surface area contributed by atoms with Gasteiger partial charge in [-0.2, -0.15) is 0 Å². The van der Waals surface area contributed by atoms with Gasteiger partial charge < -0.3 is 9.73 Å². The van der Waals surface area contributed by atoms with Gasteiger partial charge in [0.2, 0.25) is 0 Å². The average molecular weight is 341 g/mol. The number of carbonyl (C=O) groups excluding carboxylic acids is 1. The van der Waals surface area contributed by atoms with Gasteiger partial charge in [0.1, 0.15) is 0 Å². The third-order valence-corrected chi connectivity index (χ3v) is 3.02. The molecule has 0 radical (unpaired) electrons. The predicted octanol–water partition coefficient (Wildman–Crippen LogP) is 3.38. The molecule has 0 spiro atoms. The van der Waals surface area contributed by atoms with Crippen LogP contribution < -0.4 is 5.32 Å². The van der Waals surface area contributed by atoms with E-state index in [2.05, 4.69) is 5.32 Å². The maximum Gasteiger partial charge on any atom is 0.287 e. The van der Waals surface area contributed by atoms with Crippen LogP contribution in [0.4, 0.5) is 0 Å². The van der Waals surface area contributed by atoms with Gasteiger partial charge in [0.25, 0.3) is 5.91 Å². The Hall–Kier alpha value is -1.30. The number of nitrogens with one attached hydrogen (secondary N) is 1. The molecule has 17 heavy (non-hydrogen) atoms. The van der Waals surface area contributed by atoms with Crippen molar-refractivity contribution in [2.24, 2.45) is 0 Å². The maximum atomic E-state index is 11.8. The Morgan fingerprint density at radius 1 is 1.24 bits per heavy atom. The first-order valence-electron chi connectivity index (χ1n) is 5.28. The molecule has 0 aliphatic heterocycles. The van der Waals surface area contributed by atoms with Crippen molar-refractivity contribution in [1.82, 2.24) is 5.32 Å². The van der Waals surface area contributed by atoms with Crippen molar-refractivity contribution in [2.75, 3.05) is 0 Å². The lowest BCUT2D eigenvalue weighted by atomic mass is 10.1. The molecule has 0 bridgehead atoms. The minimum absolute atomic E-state index is 0.0357. The summed E-state index contributed by atoms with van der Waals surface area (Å²) in [5, 5.41) is 2.89. The maximum absolute atomic E-state index is 11.8. The van der Waals surface area contributed by atoms with Crippen LogP contribution in [0.15, 0.2) is 46.9 Å². The zero-order valence-electron chi connectivity index (χ0n) is 9.31. The van der Waals surface area contributed by atoms with Crippen LogP contribution in [0.3, 0.4) is 0 Å². The van der Waals surface area contributed by atoms with E-state index in [0.717, 1.165) is 5.56 Å². The van der Waals surface area contributed by atoms with Gasteiger partial charge in [-0.15, -0.1) is 0 Å². The first-order chi connectivity index (χ1) is 8.16. The molecule has 2 aromatic rings. The van der Waals surface area contributed by atoms with E-state index >= 15 is 0 Å². The summed E-state index contributed by atoms with van der Waals surface area (Å²) in [4.78, 5) is 11.8. The van der Waals surface area contributed by atoms with Crippen LogP contribution >= 0.6 is 22.6 Å². The summed E-state index contributed by atoms with van der Waals surface area (Å²) >= 11 is 2.03. The first kappa shape index (κ1) is 12.2. The van der Waals surface area contributed by atoms with E-state index in [1.807, 2.05) is 59.8 Å². The number of carbonyl (C=O) groups is 1.